The molecule has 7 nitrogen and oxygen atoms in total. The van der Waals surface area contributed by atoms with E-state index in [2.05, 4.69) is 29.6 Å². The van der Waals surface area contributed by atoms with Gasteiger partial charge in [-0.3, -0.25) is 9.59 Å². The molecule has 1 saturated carbocycles. The topological polar surface area (TPSA) is 95.9 Å². The molecule has 35 heavy (non-hydrogen) atoms. The summed E-state index contributed by atoms with van der Waals surface area (Å²) in [5.74, 6) is -1.65. The molecule has 2 fully saturated rings. The Morgan fingerprint density at radius 1 is 1.00 bits per heavy atom. The average Bonchev–Trinajstić information content (AvgIpc) is 3.44. The van der Waals surface area contributed by atoms with Crippen LogP contribution in [0.25, 0.3) is 11.1 Å². The smallest absolute Gasteiger partial charge is 0.407 e. The van der Waals surface area contributed by atoms with Crippen LogP contribution in [0.1, 0.15) is 49.7 Å². The summed E-state index contributed by atoms with van der Waals surface area (Å²) in [5.41, 5.74) is 4.66. The minimum atomic E-state index is -0.853. The SMILES string of the molecule is CC1CC(C(=O)O)CN(C(=O)[C@H]2CCC[C@H]2NC(=O)OCC2c3ccccc3-c3ccccc32)C1. The van der Waals surface area contributed by atoms with Crippen LogP contribution in [0.5, 0.6) is 0 Å². The van der Waals surface area contributed by atoms with Crippen molar-refractivity contribution in [2.45, 2.75) is 44.6 Å². The highest BCUT2D eigenvalue weighted by atomic mass is 16.5. The molecule has 2 aromatic rings. The molecule has 1 heterocycles. The molecule has 184 valence electrons. The Kier molecular flexibility index (Phi) is 6.50. The fourth-order valence-electron chi connectivity index (χ4n) is 6.16. The molecule has 1 saturated heterocycles. The molecule has 0 aromatic heterocycles. The molecule has 4 atom stereocenters. The van der Waals surface area contributed by atoms with Gasteiger partial charge in [0.25, 0.3) is 0 Å². The number of piperidine rings is 1. The number of nitrogens with one attached hydrogen (secondary N) is 1. The van der Waals surface area contributed by atoms with Crippen molar-refractivity contribution in [1.82, 2.24) is 10.2 Å². The number of likely N-dealkylation sites (tertiary alicyclic amines) is 1. The highest BCUT2D eigenvalue weighted by molar-refractivity contribution is 5.82. The number of carboxylic acids is 1. The maximum absolute atomic E-state index is 13.3. The van der Waals surface area contributed by atoms with Gasteiger partial charge < -0.3 is 20.1 Å². The lowest BCUT2D eigenvalue weighted by Crippen LogP contribution is -2.51. The van der Waals surface area contributed by atoms with Gasteiger partial charge in [0, 0.05) is 25.0 Å². The van der Waals surface area contributed by atoms with Gasteiger partial charge in [-0.15, -0.1) is 0 Å². The maximum atomic E-state index is 13.3. The summed E-state index contributed by atoms with van der Waals surface area (Å²) in [4.78, 5) is 39.3. The summed E-state index contributed by atoms with van der Waals surface area (Å²) < 4.78 is 5.69. The Morgan fingerprint density at radius 3 is 2.31 bits per heavy atom. The van der Waals surface area contributed by atoms with Crippen LogP contribution >= 0.6 is 0 Å². The summed E-state index contributed by atoms with van der Waals surface area (Å²) in [6, 6.07) is 16.1. The van der Waals surface area contributed by atoms with Crippen molar-refractivity contribution in [1.29, 1.82) is 0 Å². The molecule has 5 rings (SSSR count). The van der Waals surface area contributed by atoms with Crippen molar-refractivity contribution in [3.05, 3.63) is 59.7 Å². The van der Waals surface area contributed by atoms with Crippen molar-refractivity contribution in [3.63, 3.8) is 0 Å². The molecule has 1 aliphatic heterocycles. The third kappa shape index (κ3) is 4.64. The third-order valence-electron chi connectivity index (χ3n) is 7.80. The zero-order valence-corrected chi connectivity index (χ0v) is 20.0. The Bertz CT molecular complexity index is 1090. The minimum absolute atomic E-state index is 0.0167. The maximum Gasteiger partial charge on any atom is 0.407 e. The lowest BCUT2D eigenvalue weighted by Gasteiger charge is -2.37. The molecule has 2 aromatic carbocycles. The van der Waals surface area contributed by atoms with Crippen molar-refractivity contribution >= 4 is 18.0 Å². The molecule has 2 N–H and O–H groups in total. The standard InChI is InChI=1S/C28H32N2O5/c1-17-13-18(27(32)33)15-30(14-17)26(31)23-11-6-12-25(23)29-28(34)35-16-24-21-9-4-2-7-19(21)20-8-3-5-10-22(20)24/h2-5,7-10,17-18,23-25H,6,11-16H2,1H3,(H,29,34)(H,32,33)/t17?,18?,23-,25+/m0/s1. The van der Waals surface area contributed by atoms with Crippen LogP contribution in [0, 0.1) is 17.8 Å². The van der Waals surface area contributed by atoms with E-state index in [-0.39, 0.29) is 42.9 Å². The minimum Gasteiger partial charge on any atom is -0.481 e. The molecule has 7 heteroatoms. The zero-order valence-electron chi connectivity index (χ0n) is 20.0. The summed E-state index contributed by atoms with van der Waals surface area (Å²) >= 11 is 0. The second-order valence-corrected chi connectivity index (χ2v) is 10.2. The number of carboxylic acid groups (broad SMARTS) is 1. The van der Waals surface area contributed by atoms with E-state index in [1.807, 2.05) is 31.2 Å². The van der Waals surface area contributed by atoms with Crippen LogP contribution in [0.2, 0.25) is 0 Å². The predicted molar refractivity (Wildman–Crippen MR) is 131 cm³/mol. The van der Waals surface area contributed by atoms with Gasteiger partial charge in [-0.25, -0.2) is 4.79 Å². The predicted octanol–water partition coefficient (Wildman–Crippen LogP) is 4.26. The van der Waals surface area contributed by atoms with E-state index in [1.165, 1.54) is 11.1 Å². The van der Waals surface area contributed by atoms with E-state index in [0.29, 0.717) is 25.8 Å². The van der Waals surface area contributed by atoms with E-state index in [1.54, 1.807) is 4.90 Å². The summed E-state index contributed by atoms with van der Waals surface area (Å²) in [6.07, 6.45) is 2.33. The van der Waals surface area contributed by atoms with Gasteiger partial charge >= 0.3 is 12.1 Å². The average molecular weight is 477 g/mol. The number of aliphatic carboxylic acids is 1. The molecule has 2 aliphatic carbocycles. The highest BCUT2D eigenvalue weighted by Gasteiger charge is 2.40. The number of amides is 2. The first-order valence-electron chi connectivity index (χ1n) is 12.6. The number of hydrogen-bond donors (Lipinski definition) is 2. The fraction of sp³-hybridized carbons (Fsp3) is 0.464. The molecule has 2 unspecified atom stereocenters. The lowest BCUT2D eigenvalue weighted by atomic mass is 9.89. The largest absolute Gasteiger partial charge is 0.481 e. The van der Waals surface area contributed by atoms with Gasteiger partial charge in [0.15, 0.2) is 0 Å². The molecular weight excluding hydrogens is 444 g/mol. The number of nitrogens with zero attached hydrogens (tertiary/aromatic N) is 1. The van der Waals surface area contributed by atoms with Crippen molar-refractivity contribution < 1.29 is 24.2 Å². The van der Waals surface area contributed by atoms with E-state index < -0.39 is 18.0 Å². The summed E-state index contributed by atoms with van der Waals surface area (Å²) in [6.45, 7) is 3.02. The quantitative estimate of drug-likeness (QED) is 0.672. The van der Waals surface area contributed by atoms with Gasteiger partial charge in [-0.2, -0.15) is 0 Å². The van der Waals surface area contributed by atoms with E-state index in [4.69, 9.17) is 4.74 Å². The van der Waals surface area contributed by atoms with E-state index >= 15 is 0 Å². The second kappa shape index (κ2) is 9.72. The molecule has 0 radical (unpaired) electrons. The number of alkyl carbamates (subject to hydrolysis) is 1. The molecule has 0 spiro atoms. The zero-order chi connectivity index (χ0) is 24.5. The Hall–Kier alpha value is -3.35. The normalized spacial score (nSPS) is 25.6. The molecule has 2 amide bonds. The third-order valence-corrected chi connectivity index (χ3v) is 7.80. The highest BCUT2D eigenvalue weighted by Crippen LogP contribution is 2.44. The Balaban J connectivity index is 1.21. The molecular formula is C28H32N2O5. The second-order valence-electron chi connectivity index (χ2n) is 10.2. The van der Waals surface area contributed by atoms with Gasteiger partial charge in [0.2, 0.25) is 5.91 Å². The van der Waals surface area contributed by atoms with Gasteiger partial charge in [-0.05, 0) is 47.4 Å². The number of rotatable bonds is 5. The van der Waals surface area contributed by atoms with Gasteiger partial charge in [0.05, 0.1) is 11.8 Å². The van der Waals surface area contributed by atoms with E-state index in [9.17, 15) is 19.5 Å². The lowest BCUT2D eigenvalue weighted by molar-refractivity contribution is -0.148. The number of hydrogen-bond acceptors (Lipinski definition) is 4. The monoisotopic (exact) mass is 476 g/mol. The first-order valence-corrected chi connectivity index (χ1v) is 12.6. The Labute approximate surface area is 205 Å². The number of carbonyl (C=O) groups is 3. The van der Waals surface area contributed by atoms with Crippen LogP contribution in [0.3, 0.4) is 0 Å². The van der Waals surface area contributed by atoms with Crippen LogP contribution in [0.15, 0.2) is 48.5 Å². The summed E-state index contributed by atoms with van der Waals surface area (Å²) in [5, 5.41) is 12.4. The first kappa shape index (κ1) is 23.4. The van der Waals surface area contributed by atoms with Crippen molar-refractivity contribution in [3.8, 4) is 11.1 Å². The fourth-order valence-corrected chi connectivity index (χ4v) is 6.16. The van der Waals surface area contributed by atoms with Gasteiger partial charge in [-0.1, -0.05) is 61.9 Å². The Morgan fingerprint density at radius 2 is 1.66 bits per heavy atom. The number of benzene rings is 2. The number of carbonyl (C=O) groups excluding carboxylic acids is 2. The van der Waals surface area contributed by atoms with Crippen molar-refractivity contribution in [2.24, 2.45) is 17.8 Å². The van der Waals surface area contributed by atoms with Crippen LogP contribution in [0.4, 0.5) is 4.79 Å². The van der Waals surface area contributed by atoms with Gasteiger partial charge in [0.1, 0.15) is 6.61 Å². The van der Waals surface area contributed by atoms with Crippen LogP contribution in [-0.2, 0) is 14.3 Å². The van der Waals surface area contributed by atoms with Crippen LogP contribution < -0.4 is 5.32 Å². The molecule has 3 aliphatic rings. The number of ether oxygens (including phenoxy) is 1. The summed E-state index contributed by atoms with van der Waals surface area (Å²) in [7, 11) is 0. The van der Waals surface area contributed by atoms with E-state index in [0.717, 1.165) is 17.5 Å². The first-order chi connectivity index (χ1) is 16.9. The molecule has 0 bridgehead atoms. The van der Waals surface area contributed by atoms with Crippen molar-refractivity contribution in [2.75, 3.05) is 19.7 Å². The number of fused-ring (bicyclic) bond motifs is 3. The van der Waals surface area contributed by atoms with Crippen LogP contribution in [-0.4, -0.2) is 53.7 Å².